The fourth-order valence-electron chi connectivity index (χ4n) is 18.6. The zero-order valence-corrected chi connectivity index (χ0v) is 89.3. The molecule has 2 fully saturated rings. The van der Waals surface area contributed by atoms with Gasteiger partial charge in [0.15, 0.2) is 52.2 Å². The van der Waals surface area contributed by atoms with Gasteiger partial charge in [-0.25, -0.2) is 47.1 Å². The van der Waals surface area contributed by atoms with Crippen molar-refractivity contribution < 1.29 is 65.8 Å². The lowest BCUT2D eigenvalue weighted by molar-refractivity contribution is 0.0813. The molecule has 0 saturated carbocycles. The van der Waals surface area contributed by atoms with E-state index >= 15 is 8.78 Å². The van der Waals surface area contributed by atoms with Gasteiger partial charge in [-0.3, -0.25) is 5.10 Å². The smallest absolute Gasteiger partial charge is 0.318 e. The summed E-state index contributed by atoms with van der Waals surface area (Å²) in [5.74, 6) is 0.928. The average molecular weight is 2020 g/mol. The van der Waals surface area contributed by atoms with Gasteiger partial charge in [0, 0.05) is 93.8 Å². The maximum atomic E-state index is 15.8. The molecule has 34 heteroatoms. The molecular weight excluding hydrogens is 1880 g/mol. The molecule has 756 valence electrons. The van der Waals surface area contributed by atoms with Gasteiger partial charge in [0.1, 0.15) is 57.2 Å². The fourth-order valence-corrected chi connectivity index (χ4v) is 21.6. The van der Waals surface area contributed by atoms with Crippen LogP contribution >= 0.6 is 0 Å². The number of benzene rings is 8. The van der Waals surface area contributed by atoms with Gasteiger partial charge in [-0.15, -0.1) is 0 Å². The standard InChI is InChI=1S/C44H59FN6O5Si2.C40H53FN4O3Si2.C25H25FN6O3/c1-8-32-23-41(56-27-31-12-10-9-11-13-31)37(45)24-36(32)33-14-15-35-39(22-33)51(30-55-19-21-58(5,6)7)48-42(35)43-47-38-25-49(44(52)46-34-16-17-53-28-34)26-40(38)50(43)29-54-18-20-57(2,3)4;1-8-30-24-38(48-26-29-13-10-9-11-14-29)34(41)25-33(30)31-17-18-32-37(23-31)45(28-47-20-22-50(5,6)7)43-39(32)40-42-35-15-12-16-36(35)44(40)27-46-19-21-49(2,3)4;1-2-13-8-22(33)18(26)9-17(13)14-3-4-16-19(7-14)30-31-23(16)24-28-20-10-32(11-21(20)29-24)25(34)27-15-5-6-35-12-15/h9-15,22-24,34H,8,16-21,25-30H2,1-7H3,(H,46,52);9-11,13-14,17-18,23-25H,8,12,15-16,19-22,26-28H2,1-7H3;3-4,7-9,15,33H,2,5-6,10-12H2,1H3,(H,27,34)(H,28,29)(H,30,31). The Morgan fingerprint density at radius 3 is 1.38 bits per heavy atom. The van der Waals surface area contributed by atoms with Gasteiger partial charge in [0.2, 0.25) is 0 Å². The van der Waals surface area contributed by atoms with Crippen LogP contribution in [0.4, 0.5) is 22.8 Å². The summed E-state index contributed by atoms with van der Waals surface area (Å²) in [4.78, 5) is 47.8. The Bertz CT molecular complexity index is 6820. The summed E-state index contributed by atoms with van der Waals surface area (Å²) in [6, 6.07) is 51.7. The van der Waals surface area contributed by atoms with Crippen molar-refractivity contribution in [1.82, 2.24) is 79.3 Å². The third-order valence-corrected chi connectivity index (χ3v) is 33.9. The van der Waals surface area contributed by atoms with Crippen LogP contribution in [0.1, 0.15) is 102 Å². The highest BCUT2D eigenvalue weighted by Gasteiger charge is 2.37. The van der Waals surface area contributed by atoms with Crippen LogP contribution in [0.15, 0.2) is 152 Å². The number of nitrogens with one attached hydrogen (secondary N) is 4. The number of nitrogens with zero attached hydrogens (tertiary/aromatic N) is 12. The van der Waals surface area contributed by atoms with Gasteiger partial charge in [-0.1, -0.05) is 178 Å². The van der Waals surface area contributed by atoms with Crippen molar-refractivity contribution in [3.05, 3.63) is 231 Å². The van der Waals surface area contributed by atoms with Crippen LogP contribution in [0.3, 0.4) is 0 Å². The number of hydrogen-bond acceptors (Lipinski definition) is 17. The number of phenolic OH excluding ortho intramolecular Hbond substituents is 1. The second-order valence-corrected chi connectivity index (χ2v) is 65.4. The Labute approximate surface area is 839 Å². The minimum atomic E-state index is -1.33. The monoisotopic (exact) mass is 2010 g/mol. The maximum Gasteiger partial charge on any atom is 0.318 e. The first-order valence-corrected chi connectivity index (χ1v) is 65.3. The van der Waals surface area contributed by atoms with E-state index in [0.29, 0.717) is 135 Å². The van der Waals surface area contributed by atoms with Crippen LogP contribution in [-0.4, -0.2) is 183 Å². The van der Waals surface area contributed by atoms with Gasteiger partial charge >= 0.3 is 12.1 Å². The highest BCUT2D eigenvalue weighted by molar-refractivity contribution is 6.77. The number of hydrogen-bond donors (Lipinski definition) is 5. The van der Waals surface area contributed by atoms with E-state index < -0.39 is 43.9 Å². The highest BCUT2D eigenvalue weighted by Crippen LogP contribution is 2.43. The molecule has 2 saturated heterocycles. The van der Waals surface area contributed by atoms with Gasteiger partial charge < -0.3 is 77.6 Å². The number of rotatable bonds is 37. The molecule has 10 heterocycles. The Kier molecular flexibility index (Phi) is 32.1. The lowest BCUT2D eigenvalue weighted by Gasteiger charge is -2.20. The van der Waals surface area contributed by atoms with Crippen LogP contribution in [-0.2, 0) is 127 Å². The van der Waals surface area contributed by atoms with Crippen molar-refractivity contribution in [2.24, 2.45) is 0 Å². The third kappa shape index (κ3) is 25.0. The third-order valence-electron chi connectivity index (χ3n) is 27.1. The minimum Gasteiger partial charge on any atom is -0.505 e. The topological polar surface area (TPSA) is 287 Å². The maximum absolute atomic E-state index is 15.8. The SMILES string of the molecule is CCc1cc(O)c(F)cc1-c1ccc2c(-c3nc4c([nH]3)CN(C(=O)NC3CCOC3)C4)n[nH]c2c1.CCc1cc(OCc2ccccc2)c(F)cc1-c1ccc2c(-c3nc4c(n3COCC[Si](C)(C)C)CCC4)nn(COCC[Si](C)(C)C)c2c1.CCc1cc(OCc2ccccc2)c(F)cc1-c1ccc2c(-c3nc4c(n3COCC[Si](C)(C)C)CN(C(=O)NC3CCOC3)C4)nn(COCC[Si](C)(C)C)c2c1. The van der Waals surface area contributed by atoms with Crippen molar-refractivity contribution in [2.75, 3.05) is 52.9 Å². The predicted molar refractivity (Wildman–Crippen MR) is 566 cm³/mol. The number of aromatic amines is 2. The van der Waals surface area contributed by atoms with Crippen molar-refractivity contribution in [1.29, 1.82) is 0 Å². The number of aryl methyl sites for hydroxylation is 4. The van der Waals surface area contributed by atoms with Gasteiger partial charge in [0.25, 0.3) is 0 Å². The van der Waals surface area contributed by atoms with E-state index in [-0.39, 0.29) is 60.5 Å². The van der Waals surface area contributed by atoms with E-state index in [9.17, 15) is 19.1 Å². The van der Waals surface area contributed by atoms with E-state index in [2.05, 4.69) is 158 Å². The Hall–Kier alpha value is -11.8. The predicted octanol–water partition coefficient (Wildman–Crippen LogP) is 23.1. The van der Waals surface area contributed by atoms with Crippen LogP contribution < -0.4 is 20.1 Å². The molecule has 5 N–H and O–H groups in total. The number of fused-ring (bicyclic) bond motifs is 6. The molecule has 4 aliphatic heterocycles. The first kappa shape index (κ1) is 103. The molecule has 0 bridgehead atoms. The molecule has 2 unspecified atom stereocenters. The van der Waals surface area contributed by atoms with E-state index in [1.165, 1.54) is 17.8 Å². The molecule has 1 aliphatic carbocycles. The molecule has 19 rings (SSSR count). The molecule has 5 aliphatic rings. The van der Waals surface area contributed by atoms with Crippen molar-refractivity contribution >= 4 is 77.1 Å². The summed E-state index contributed by atoms with van der Waals surface area (Å²) in [5, 5.41) is 36.5. The summed E-state index contributed by atoms with van der Waals surface area (Å²) in [5.41, 5.74) is 20.6. The van der Waals surface area contributed by atoms with Crippen LogP contribution in [0.2, 0.25) is 103 Å². The van der Waals surface area contributed by atoms with E-state index in [0.717, 1.165) is 203 Å². The lowest BCUT2D eigenvalue weighted by Crippen LogP contribution is -2.43. The molecule has 27 nitrogen and oxygen atoms in total. The normalized spacial score (nSPS) is 15.3. The zero-order valence-electron chi connectivity index (χ0n) is 85.3. The Morgan fingerprint density at radius 2 is 0.909 bits per heavy atom. The summed E-state index contributed by atoms with van der Waals surface area (Å²) in [6.07, 6.45) is 6.84. The molecule has 0 spiro atoms. The number of aromatic hydroxyl groups is 1. The van der Waals surface area contributed by atoms with E-state index in [1.54, 1.807) is 21.9 Å². The van der Waals surface area contributed by atoms with Crippen molar-refractivity contribution in [2.45, 2.75) is 253 Å². The van der Waals surface area contributed by atoms with Crippen LogP contribution in [0.5, 0.6) is 17.2 Å². The number of aromatic nitrogens is 12. The number of urea groups is 2. The molecule has 2 atom stereocenters. The number of phenols is 1. The average Bonchev–Trinajstić information content (AvgIpc) is 1.59. The number of halogens is 3. The number of amides is 4. The Morgan fingerprint density at radius 1 is 0.469 bits per heavy atom. The van der Waals surface area contributed by atoms with Crippen molar-refractivity contribution in [3.63, 3.8) is 0 Å². The van der Waals surface area contributed by atoms with Crippen LogP contribution in [0, 0.1) is 17.5 Å². The fraction of sp³-hybridized carbons (Fsp3) is 0.431. The van der Waals surface area contributed by atoms with Gasteiger partial charge in [0.05, 0.1) is 96.5 Å². The van der Waals surface area contributed by atoms with Gasteiger partial charge in [-0.05, 0) is 210 Å². The number of H-pyrrole nitrogens is 2. The van der Waals surface area contributed by atoms with E-state index in [1.807, 2.05) is 113 Å². The molecule has 0 radical (unpaired) electrons. The Balaban J connectivity index is 0.000000151. The first-order chi connectivity index (χ1) is 68.7. The molecule has 4 amide bonds. The largest absolute Gasteiger partial charge is 0.505 e. The van der Waals surface area contributed by atoms with Crippen LogP contribution in [0.25, 0.3) is 101 Å². The molecule has 8 aromatic carbocycles. The summed E-state index contributed by atoms with van der Waals surface area (Å²) < 4.78 is 102. The quantitative estimate of drug-likeness (QED) is 0.0179. The van der Waals surface area contributed by atoms with Crippen molar-refractivity contribution in [3.8, 4) is 85.2 Å². The number of ether oxygens (including phenoxy) is 8. The molecule has 6 aromatic heterocycles. The summed E-state index contributed by atoms with van der Waals surface area (Å²) in [7, 11) is -5.12. The number of carbonyl (C=O) groups excluding carboxylic acids is 2. The number of carbonyl (C=O) groups is 2. The van der Waals surface area contributed by atoms with E-state index in [4.69, 9.17) is 63.0 Å². The number of imidazole rings is 3. The highest BCUT2D eigenvalue weighted by atomic mass is 28.3. The zero-order chi connectivity index (χ0) is 101. The summed E-state index contributed by atoms with van der Waals surface area (Å²) in [6.45, 7) is 43.2. The molecular formula is C109H137F3N16O11Si4. The molecule has 143 heavy (non-hydrogen) atoms. The minimum absolute atomic E-state index is 0.0204. The summed E-state index contributed by atoms with van der Waals surface area (Å²) >= 11 is 0. The second-order valence-electron chi connectivity index (χ2n) is 42.9. The second kappa shape index (κ2) is 44.8. The lowest BCUT2D eigenvalue weighted by atomic mass is 9.96. The van der Waals surface area contributed by atoms with Gasteiger partial charge in [-0.2, -0.15) is 15.3 Å². The molecule has 14 aromatic rings. The first-order valence-electron chi connectivity index (χ1n) is 50.5.